The summed E-state index contributed by atoms with van der Waals surface area (Å²) >= 11 is 0. The van der Waals surface area contributed by atoms with E-state index in [0.29, 0.717) is 0 Å². The van der Waals surface area contributed by atoms with Crippen molar-refractivity contribution in [1.82, 2.24) is 0 Å². The second kappa shape index (κ2) is 3.78. The minimum atomic E-state index is -0.346. The van der Waals surface area contributed by atoms with Crippen LogP contribution >= 0.6 is 0 Å². The molecule has 0 aromatic heterocycles. The SMILES string of the molecule is CC1(C(=O)c2ccccc2)CCCC1N. The summed E-state index contributed by atoms with van der Waals surface area (Å²) < 4.78 is 0. The number of benzene rings is 1. The Balaban J connectivity index is 2.28. The number of ketones is 1. The summed E-state index contributed by atoms with van der Waals surface area (Å²) in [7, 11) is 0. The Kier molecular flexibility index (Phi) is 2.61. The fourth-order valence-corrected chi connectivity index (χ4v) is 2.39. The number of Topliss-reactive ketones (excluding diaryl/α,β-unsaturated/α-hetero) is 1. The third-order valence-electron chi connectivity index (χ3n) is 3.58. The van der Waals surface area contributed by atoms with E-state index in [1.807, 2.05) is 37.3 Å². The molecule has 1 aromatic carbocycles. The summed E-state index contributed by atoms with van der Waals surface area (Å²) in [4.78, 5) is 12.3. The maximum absolute atomic E-state index is 12.3. The molecule has 0 aliphatic heterocycles. The van der Waals surface area contributed by atoms with E-state index in [1.54, 1.807) is 0 Å². The Hall–Kier alpha value is -1.15. The first-order valence-corrected chi connectivity index (χ1v) is 5.50. The number of rotatable bonds is 2. The summed E-state index contributed by atoms with van der Waals surface area (Å²) in [5, 5.41) is 0. The molecule has 2 unspecified atom stereocenters. The van der Waals surface area contributed by atoms with E-state index >= 15 is 0 Å². The predicted octanol–water partition coefficient (Wildman–Crippen LogP) is 2.39. The van der Waals surface area contributed by atoms with Crippen molar-refractivity contribution in [2.75, 3.05) is 0 Å². The smallest absolute Gasteiger partial charge is 0.170 e. The van der Waals surface area contributed by atoms with Gasteiger partial charge in [-0.3, -0.25) is 4.79 Å². The topological polar surface area (TPSA) is 43.1 Å². The van der Waals surface area contributed by atoms with Crippen molar-refractivity contribution < 1.29 is 4.79 Å². The van der Waals surface area contributed by atoms with Crippen LogP contribution in [0, 0.1) is 5.41 Å². The third-order valence-corrected chi connectivity index (χ3v) is 3.58. The molecule has 1 saturated carbocycles. The lowest BCUT2D eigenvalue weighted by Crippen LogP contribution is -2.41. The first-order valence-electron chi connectivity index (χ1n) is 5.50. The number of hydrogen-bond donors (Lipinski definition) is 1. The number of carbonyl (C=O) groups is 1. The molecule has 0 radical (unpaired) electrons. The Morgan fingerprint density at radius 1 is 1.40 bits per heavy atom. The third kappa shape index (κ3) is 1.70. The fourth-order valence-electron chi connectivity index (χ4n) is 2.39. The molecule has 2 N–H and O–H groups in total. The van der Waals surface area contributed by atoms with Crippen LogP contribution in [-0.2, 0) is 0 Å². The van der Waals surface area contributed by atoms with Crippen LogP contribution in [0.4, 0.5) is 0 Å². The van der Waals surface area contributed by atoms with Crippen molar-refractivity contribution in [2.45, 2.75) is 32.2 Å². The Labute approximate surface area is 90.5 Å². The van der Waals surface area contributed by atoms with Crippen molar-refractivity contribution >= 4 is 5.78 Å². The van der Waals surface area contributed by atoms with Gasteiger partial charge < -0.3 is 5.73 Å². The van der Waals surface area contributed by atoms with Crippen LogP contribution in [0.25, 0.3) is 0 Å². The van der Waals surface area contributed by atoms with Gasteiger partial charge in [-0.25, -0.2) is 0 Å². The van der Waals surface area contributed by atoms with Gasteiger partial charge in [0.05, 0.1) is 0 Å². The van der Waals surface area contributed by atoms with Crippen LogP contribution < -0.4 is 5.73 Å². The number of carbonyl (C=O) groups excluding carboxylic acids is 1. The second-order valence-corrected chi connectivity index (χ2v) is 4.61. The van der Waals surface area contributed by atoms with Gasteiger partial charge in [-0.2, -0.15) is 0 Å². The van der Waals surface area contributed by atoms with Gasteiger partial charge in [-0.05, 0) is 12.8 Å². The zero-order valence-corrected chi connectivity index (χ0v) is 9.07. The van der Waals surface area contributed by atoms with E-state index in [0.717, 1.165) is 24.8 Å². The van der Waals surface area contributed by atoms with Crippen molar-refractivity contribution in [3.8, 4) is 0 Å². The van der Waals surface area contributed by atoms with Crippen LogP contribution in [0.15, 0.2) is 30.3 Å². The summed E-state index contributed by atoms with van der Waals surface area (Å²) in [6.45, 7) is 2.00. The molecule has 0 heterocycles. The highest BCUT2D eigenvalue weighted by atomic mass is 16.1. The predicted molar refractivity (Wildman–Crippen MR) is 60.7 cm³/mol. The molecular weight excluding hydrogens is 186 g/mol. The summed E-state index contributed by atoms with van der Waals surface area (Å²) in [5.74, 6) is 0.202. The molecule has 0 bridgehead atoms. The fraction of sp³-hybridized carbons (Fsp3) is 0.462. The average Bonchev–Trinajstić information content (AvgIpc) is 2.61. The molecule has 15 heavy (non-hydrogen) atoms. The van der Waals surface area contributed by atoms with Gasteiger partial charge in [-0.1, -0.05) is 43.7 Å². The van der Waals surface area contributed by atoms with Gasteiger partial charge in [-0.15, -0.1) is 0 Å². The van der Waals surface area contributed by atoms with E-state index in [2.05, 4.69) is 0 Å². The van der Waals surface area contributed by atoms with Gasteiger partial charge in [0.25, 0.3) is 0 Å². The molecule has 80 valence electrons. The number of hydrogen-bond acceptors (Lipinski definition) is 2. The average molecular weight is 203 g/mol. The summed E-state index contributed by atoms with van der Waals surface area (Å²) in [5.41, 5.74) is 6.47. The van der Waals surface area contributed by atoms with E-state index in [-0.39, 0.29) is 17.2 Å². The van der Waals surface area contributed by atoms with Gasteiger partial charge in [0, 0.05) is 17.0 Å². The second-order valence-electron chi connectivity index (χ2n) is 4.61. The standard InChI is InChI=1S/C13H17NO/c1-13(9-5-8-11(13)14)12(15)10-6-3-2-4-7-10/h2-4,6-7,11H,5,8-9,14H2,1H3. The van der Waals surface area contributed by atoms with Crippen LogP contribution in [0.1, 0.15) is 36.5 Å². The molecule has 2 rings (SSSR count). The van der Waals surface area contributed by atoms with Gasteiger partial charge in [0.15, 0.2) is 5.78 Å². The van der Waals surface area contributed by atoms with E-state index < -0.39 is 0 Å². The molecule has 1 aliphatic carbocycles. The maximum Gasteiger partial charge on any atom is 0.170 e. The minimum Gasteiger partial charge on any atom is -0.327 e. The maximum atomic E-state index is 12.3. The highest BCUT2D eigenvalue weighted by Gasteiger charge is 2.42. The van der Waals surface area contributed by atoms with Crippen molar-refractivity contribution in [3.05, 3.63) is 35.9 Å². The molecule has 1 aromatic rings. The molecular formula is C13H17NO. The molecule has 0 spiro atoms. The molecule has 2 nitrogen and oxygen atoms in total. The lowest BCUT2D eigenvalue weighted by molar-refractivity contribution is 0.0802. The van der Waals surface area contributed by atoms with Gasteiger partial charge in [0.2, 0.25) is 0 Å². The van der Waals surface area contributed by atoms with Crippen LogP contribution in [-0.4, -0.2) is 11.8 Å². The zero-order valence-electron chi connectivity index (χ0n) is 9.07. The Bertz CT molecular complexity index is 360. The van der Waals surface area contributed by atoms with E-state index in [9.17, 15) is 4.79 Å². The van der Waals surface area contributed by atoms with Crippen LogP contribution in [0.3, 0.4) is 0 Å². The first-order chi connectivity index (χ1) is 7.14. The van der Waals surface area contributed by atoms with Gasteiger partial charge >= 0.3 is 0 Å². The summed E-state index contributed by atoms with van der Waals surface area (Å²) in [6, 6.07) is 9.49. The zero-order chi connectivity index (χ0) is 10.9. The largest absolute Gasteiger partial charge is 0.327 e. The van der Waals surface area contributed by atoms with E-state index in [1.165, 1.54) is 0 Å². The minimum absolute atomic E-state index is 0.0187. The Morgan fingerprint density at radius 3 is 2.60 bits per heavy atom. The molecule has 2 atom stereocenters. The highest BCUT2D eigenvalue weighted by Crippen LogP contribution is 2.39. The molecule has 1 aliphatic rings. The molecule has 0 amide bonds. The van der Waals surface area contributed by atoms with E-state index in [4.69, 9.17) is 5.73 Å². The van der Waals surface area contributed by atoms with Crippen LogP contribution in [0.2, 0.25) is 0 Å². The molecule has 2 heteroatoms. The molecule has 1 fully saturated rings. The lowest BCUT2D eigenvalue weighted by atomic mass is 9.78. The first kappa shape index (κ1) is 10.4. The Morgan fingerprint density at radius 2 is 2.07 bits per heavy atom. The molecule has 0 saturated heterocycles. The van der Waals surface area contributed by atoms with Crippen molar-refractivity contribution in [2.24, 2.45) is 11.1 Å². The quantitative estimate of drug-likeness (QED) is 0.750. The highest BCUT2D eigenvalue weighted by molar-refractivity contribution is 6.01. The lowest BCUT2D eigenvalue weighted by Gasteiger charge is -2.27. The summed E-state index contributed by atoms with van der Waals surface area (Å²) in [6.07, 6.45) is 2.95. The monoisotopic (exact) mass is 203 g/mol. The van der Waals surface area contributed by atoms with Gasteiger partial charge in [0.1, 0.15) is 0 Å². The normalized spacial score (nSPS) is 30.4. The van der Waals surface area contributed by atoms with Crippen molar-refractivity contribution in [3.63, 3.8) is 0 Å². The number of nitrogens with two attached hydrogens (primary N) is 1. The van der Waals surface area contributed by atoms with Crippen LogP contribution in [0.5, 0.6) is 0 Å². The van der Waals surface area contributed by atoms with Crippen molar-refractivity contribution in [1.29, 1.82) is 0 Å².